The van der Waals surface area contributed by atoms with Gasteiger partial charge in [-0.1, -0.05) is 23.8 Å². The van der Waals surface area contributed by atoms with Crippen molar-refractivity contribution in [3.63, 3.8) is 0 Å². The lowest BCUT2D eigenvalue weighted by Crippen LogP contribution is -2.30. The second kappa shape index (κ2) is 7.32. The largest absolute Gasteiger partial charge is 0.449 e. The number of aryl methyl sites for hydroxylation is 5. The van der Waals surface area contributed by atoms with Crippen molar-refractivity contribution in [3.05, 3.63) is 63.7 Å². The van der Waals surface area contributed by atoms with Crippen molar-refractivity contribution >= 4 is 17.6 Å². The first-order valence-electron chi connectivity index (χ1n) is 9.06. The van der Waals surface area contributed by atoms with Crippen molar-refractivity contribution in [3.8, 4) is 0 Å². The molecule has 0 spiro atoms. The van der Waals surface area contributed by atoms with E-state index in [1.165, 1.54) is 11.1 Å². The Bertz CT molecular complexity index is 847. The third-order valence-corrected chi connectivity index (χ3v) is 4.91. The molecule has 1 N–H and O–H groups in total. The SMILES string of the molecule is Cc1cc(C)c(NC(=O)[C@@H](C)OC(=O)c2ccc3c(c2)CCC3)c(C)c1. The molecule has 0 aliphatic heterocycles. The quantitative estimate of drug-likeness (QED) is 0.836. The van der Waals surface area contributed by atoms with Gasteiger partial charge in [0.25, 0.3) is 5.91 Å². The zero-order valence-electron chi connectivity index (χ0n) is 15.8. The topological polar surface area (TPSA) is 55.4 Å². The summed E-state index contributed by atoms with van der Waals surface area (Å²) < 4.78 is 5.38. The van der Waals surface area contributed by atoms with Crippen molar-refractivity contribution in [2.24, 2.45) is 0 Å². The van der Waals surface area contributed by atoms with Gasteiger partial charge in [0.15, 0.2) is 6.10 Å². The number of nitrogens with one attached hydrogen (secondary N) is 1. The molecule has 0 bridgehead atoms. The number of esters is 1. The van der Waals surface area contributed by atoms with Gasteiger partial charge in [-0.2, -0.15) is 0 Å². The summed E-state index contributed by atoms with van der Waals surface area (Å²) in [6.07, 6.45) is 2.33. The second-order valence-electron chi connectivity index (χ2n) is 7.15. The van der Waals surface area contributed by atoms with Gasteiger partial charge in [0.1, 0.15) is 0 Å². The normalized spacial score (nSPS) is 13.8. The summed E-state index contributed by atoms with van der Waals surface area (Å²) in [5.41, 5.74) is 6.93. The van der Waals surface area contributed by atoms with E-state index in [1.807, 2.05) is 45.0 Å². The van der Waals surface area contributed by atoms with Crippen LogP contribution in [0.1, 0.15) is 51.5 Å². The predicted octanol–water partition coefficient (Wildman–Crippen LogP) is 4.28. The van der Waals surface area contributed by atoms with Crippen LogP contribution in [-0.4, -0.2) is 18.0 Å². The maximum Gasteiger partial charge on any atom is 0.338 e. The van der Waals surface area contributed by atoms with E-state index in [2.05, 4.69) is 5.32 Å². The van der Waals surface area contributed by atoms with E-state index in [0.717, 1.165) is 41.6 Å². The fourth-order valence-corrected chi connectivity index (χ4v) is 3.58. The van der Waals surface area contributed by atoms with E-state index in [1.54, 1.807) is 13.0 Å². The molecule has 0 radical (unpaired) electrons. The minimum Gasteiger partial charge on any atom is -0.449 e. The molecule has 0 saturated carbocycles. The predicted molar refractivity (Wildman–Crippen MR) is 103 cm³/mol. The van der Waals surface area contributed by atoms with E-state index in [-0.39, 0.29) is 5.91 Å². The van der Waals surface area contributed by atoms with Crippen LogP contribution in [0.15, 0.2) is 30.3 Å². The third kappa shape index (κ3) is 3.79. The molecule has 4 heteroatoms. The van der Waals surface area contributed by atoms with Crippen LogP contribution >= 0.6 is 0 Å². The Morgan fingerprint density at radius 1 is 1.00 bits per heavy atom. The van der Waals surface area contributed by atoms with Gasteiger partial charge in [0, 0.05) is 5.69 Å². The number of rotatable bonds is 4. The first-order chi connectivity index (χ1) is 12.3. The molecular formula is C22H25NO3. The van der Waals surface area contributed by atoms with Crippen LogP contribution in [0.25, 0.3) is 0 Å². The third-order valence-electron chi connectivity index (χ3n) is 4.91. The molecule has 4 nitrogen and oxygen atoms in total. The lowest BCUT2D eigenvalue weighted by atomic mass is 10.0. The second-order valence-corrected chi connectivity index (χ2v) is 7.15. The van der Waals surface area contributed by atoms with E-state index in [0.29, 0.717) is 5.56 Å². The summed E-state index contributed by atoms with van der Waals surface area (Å²) in [5, 5.41) is 2.89. The molecular weight excluding hydrogens is 326 g/mol. The fourth-order valence-electron chi connectivity index (χ4n) is 3.58. The molecule has 0 unspecified atom stereocenters. The van der Waals surface area contributed by atoms with Crippen LogP contribution in [0.2, 0.25) is 0 Å². The van der Waals surface area contributed by atoms with E-state index in [9.17, 15) is 9.59 Å². The first kappa shape index (κ1) is 18.2. The molecule has 0 saturated heterocycles. The Kier molecular flexibility index (Phi) is 5.12. The number of ether oxygens (including phenoxy) is 1. The highest BCUT2D eigenvalue weighted by molar-refractivity contribution is 5.98. The van der Waals surface area contributed by atoms with Crippen LogP contribution in [0.4, 0.5) is 5.69 Å². The van der Waals surface area contributed by atoms with Gasteiger partial charge in [0.05, 0.1) is 5.56 Å². The van der Waals surface area contributed by atoms with Gasteiger partial charge < -0.3 is 10.1 Å². The van der Waals surface area contributed by atoms with Crippen LogP contribution in [0, 0.1) is 20.8 Å². The molecule has 2 aromatic rings. The Morgan fingerprint density at radius 2 is 1.65 bits per heavy atom. The molecule has 1 amide bonds. The van der Waals surface area contributed by atoms with Gasteiger partial charge in [-0.15, -0.1) is 0 Å². The summed E-state index contributed by atoms with van der Waals surface area (Å²) in [6, 6.07) is 9.70. The molecule has 26 heavy (non-hydrogen) atoms. The van der Waals surface area contributed by atoms with Crippen LogP contribution in [0.5, 0.6) is 0 Å². The molecule has 2 aromatic carbocycles. The number of hydrogen-bond acceptors (Lipinski definition) is 3. The van der Waals surface area contributed by atoms with Crippen LogP contribution in [-0.2, 0) is 22.4 Å². The standard InChI is InChI=1S/C22H25NO3/c1-13-10-14(2)20(15(3)11-13)23-21(24)16(4)26-22(25)19-9-8-17-6-5-7-18(17)12-19/h8-12,16H,5-7H2,1-4H3,(H,23,24)/t16-/m1/s1. The smallest absolute Gasteiger partial charge is 0.338 e. The Balaban J connectivity index is 1.67. The van der Waals surface area contributed by atoms with E-state index < -0.39 is 12.1 Å². The number of hydrogen-bond donors (Lipinski definition) is 1. The molecule has 0 aromatic heterocycles. The van der Waals surface area contributed by atoms with Crippen molar-refractivity contribution < 1.29 is 14.3 Å². The van der Waals surface area contributed by atoms with Gasteiger partial charge in [-0.05, 0) is 81.3 Å². The zero-order valence-corrected chi connectivity index (χ0v) is 15.8. The monoisotopic (exact) mass is 351 g/mol. The summed E-state index contributed by atoms with van der Waals surface area (Å²) in [4.78, 5) is 24.9. The van der Waals surface area contributed by atoms with Crippen LogP contribution in [0.3, 0.4) is 0 Å². The van der Waals surface area contributed by atoms with Crippen molar-refractivity contribution in [2.45, 2.75) is 53.1 Å². The number of fused-ring (bicyclic) bond motifs is 1. The number of benzene rings is 2. The van der Waals surface area contributed by atoms with Gasteiger partial charge >= 0.3 is 5.97 Å². The Labute approximate surface area is 154 Å². The average Bonchev–Trinajstić information content (AvgIpc) is 3.05. The van der Waals surface area contributed by atoms with Crippen molar-refractivity contribution in [1.82, 2.24) is 0 Å². The molecule has 1 atom stereocenters. The van der Waals surface area contributed by atoms with E-state index >= 15 is 0 Å². The summed E-state index contributed by atoms with van der Waals surface area (Å²) in [6.45, 7) is 7.53. The lowest BCUT2D eigenvalue weighted by Gasteiger charge is -2.17. The van der Waals surface area contributed by atoms with E-state index in [4.69, 9.17) is 4.74 Å². The number of carbonyl (C=O) groups is 2. The number of carbonyl (C=O) groups excluding carboxylic acids is 2. The number of amides is 1. The molecule has 0 heterocycles. The highest BCUT2D eigenvalue weighted by atomic mass is 16.5. The molecule has 1 aliphatic rings. The molecule has 136 valence electrons. The van der Waals surface area contributed by atoms with Gasteiger partial charge in [-0.25, -0.2) is 4.79 Å². The van der Waals surface area contributed by atoms with Crippen LogP contribution < -0.4 is 5.32 Å². The number of anilines is 1. The maximum absolute atomic E-state index is 12.5. The Hall–Kier alpha value is -2.62. The minimum atomic E-state index is -0.865. The van der Waals surface area contributed by atoms with Crippen molar-refractivity contribution in [2.75, 3.05) is 5.32 Å². The highest BCUT2D eigenvalue weighted by Crippen LogP contribution is 2.24. The molecule has 0 fully saturated rings. The molecule has 1 aliphatic carbocycles. The first-order valence-corrected chi connectivity index (χ1v) is 9.06. The minimum absolute atomic E-state index is 0.324. The highest BCUT2D eigenvalue weighted by Gasteiger charge is 2.21. The summed E-state index contributed by atoms with van der Waals surface area (Å²) in [7, 11) is 0. The maximum atomic E-state index is 12.5. The van der Waals surface area contributed by atoms with Gasteiger partial charge in [0.2, 0.25) is 0 Å². The average molecular weight is 351 g/mol. The lowest BCUT2D eigenvalue weighted by molar-refractivity contribution is -0.123. The van der Waals surface area contributed by atoms with Crippen molar-refractivity contribution in [1.29, 1.82) is 0 Å². The summed E-state index contributed by atoms with van der Waals surface area (Å²) in [5.74, 6) is -0.783. The molecule has 3 rings (SSSR count). The summed E-state index contributed by atoms with van der Waals surface area (Å²) >= 11 is 0. The fraction of sp³-hybridized carbons (Fsp3) is 0.364. The zero-order chi connectivity index (χ0) is 18.8. The Morgan fingerprint density at radius 3 is 2.35 bits per heavy atom. The van der Waals surface area contributed by atoms with Gasteiger partial charge in [-0.3, -0.25) is 4.79 Å².